The minimum absolute atomic E-state index is 0.0957. The summed E-state index contributed by atoms with van der Waals surface area (Å²) in [5.74, 6) is 0.855. The normalized spacial score (nSPS) is 34.5. The number of thiophene rings is 1. The molecule has 1 aromatic heterocycles. The third-order valence-electron chi connectivity index (χ3n) is 6.18. The average Bonchev–Trinajstić information content (AvgIpc) is 2.87. The molecule has 1 N–H and O–H groups in total. The Labute approximate surface area is 133 Å². The zero-order valence-corrected chi connectivity index (χ0v) is 15.0. The summed E-state index contributed by atoms with van der Waals surface area (Å²) in [6, 6.07) is 2.30. The number of amides is 1. The number of aryl methyl sites for hydroxylation is 1. The first-order chi connectivity index (χ1) is 9.25. The second-order valence-corrected chi connectivity index (χ2v) is 9.57. The summed E-state index contributed by atoms with van der Waals surface area (Å²) in [4.78, 5) is 13.3. The van der Waals surface area contributed by atoms with Gasteiger partial charge < -0.3 is 5.32 Å². The van der Waals surface area contributed by atoms with E-state index in [9.17, 15) is 4.79 Å². The van der Waals surface area contributed by atoms with Gasteiger partial charge in [-0.15, -0.1) is 11.3 Å². The zero-order chi connectivity index (χ0) is 14.7. The summed E-state index contributed by atoms with van der Waals surface area (Å²) in [6.45, 7) is 9.14. The van der Waals surface area contributed by atoms with Crippen molar-refractivity contribution in [2.24, 2.45) is 16.7 Å². The summed E-state index contributed by atoms with van der Waals surface area (Å²) < 4.78 is 1.06. The second-order valence-electron chi connectivity index (χ2n) is 7.20. The maximum atomic E-state index is 12.5. The minimum Gasteiger partial charge on any atom is -0.348 e. The quantitative estimate of drug-likeness (QED) is 0.813. The first kappa shape index (κ1) is 14.6. The Balaban J connectivity index is 1.78. The molecule has 3 unspecified atom stereocenters. The largest absolute Gasteiger partial charge is 0.348 e. The number of rotatable bonds is 2. The maximum absolute atomic E-state index is 12.5. The molecule has 1 aromatic rings. The zero-order valence-electron chi connectivity index (χ0n) is 12.5. The van der Waals surface area contributed by atoms with Crippen LogP contribution in [0.15, 0.2) is 9.85 Å². The lowest BCUT2D eigenvalue weighted by molar-refractivity contribution is 0.0830. The molecular formula is C16H22BrNOS. The molecule has 1 heterocycles. The molecule has 110 valence electrons. The molecule has 2 aliphatic carbocycles. The Morgan fingerprint density at radius 1 is 1.45 bits per heavy atom. The van der Waals surface area contributed by atoms with Gasteiger partial charge >= 0.3 is 0 Å². The summed E-state index contributed by atoms with van der Waals surface area (Å²) in [7, 11) is 0. The van der Waals surface area contributed by atoms with Crippen LogP contribution in [-0.2, 0) is 0 Å². The molecule has 2 aliphatic rings. The van der Waals surface area contributed by atoms with E-state index < -0.39 is 0 Å². The minimum atomic E-state index is 0.0957. The smallest absolute Gasteiger partial charge is 0.261 e. The monoisotopic (exact) mass is 355 g/mol. The van der Waals surface area contributed by atoms with Crippen LogP contribution in [-0.4, -0.2) is 11.9 Å². The van der Waals surface area contributed by atoms with Crippen molar-refractivity contribution in [3.8, 4) is 0 Å². The highest BCUT2D eigenvalue weighted by atomic mass is 79.9. The van der Waals surface area contributed by atoms with E-state index in [-0.39, 0.29) is 11.3 Å². The Bertz CT molecular complexity index is 545. The molecule has 0 saturated heterocycles. The van der Waals surface area contributed by atoms with Crippen LogP contribution in [0.3, 0.4) is 0 Å². The van der Waals surface area contributed by atoms with Gasteiger partial charge in [0.1, 0.15) is 0 Å². The van der Waals surface area contributed by atoms with Crippen molar-refractivity contribution >= 4 is 33.2 Å². The molecule has 0 aliphatic heterocycles. The third-order valence-corrected chi connectivity index (χ3v) is 8.32. The van der Waals surface area contributed by atoms with Gasteiger partial charge in [0, 0.05) is 6.04 Å². The Hall–Kier alpha value is -0.350. The van der Waals surface area contributed by atoms with Crippen LogP contribution in [0.5, 0.6) is 0 Å². The van der Waals surface area contributed by atoms with E-state index in [1.807, 2.05) is 13.0 Å². The fourth-order valence-corrected chi connectivity index (χ4v) is 5.66. The van der Waals surface area contributed by atoms with Crippen molar-refractivity contribution in [2.45, 2.75) is 53.0 Å². The van der Waals surface area contributed by atoms with Gasteiger partial charge in [0.15, 0.2) is 0 Å². The SMILES string of the molecule is Cc1cc(C(=O)NC2CC3CCC2(C)C3(C)C)sc1Br. The van der Waals surface area contributed by atoms with Gasteiger partial charge in [0.25, 0.3) is 5.91 Å². The summed E-state index contributed by atoms with van der Waals surface area (Å²) in [5.41, 5.74) is 1.73. The average molecular weight is 356 g/mol. The van der Waals surface area contributed by atoms with Crippen LogP contribution in [0.2, 0.25) is 0 Å². The molecule has 0 spiro atoms. The van der Waals surface area contributed by atoms with Crippen LogP contribution in [0.1, 0.15) is 55.3 Å². The lowest BCUT2D eigenvalue weighted by Gasteiger charge is -2.39. The number of nitrogens with one attached hydrogen (secondary N) is 1. The molecule has 0 radical (unpaired) electrons. The molecule has 2 fully saturated rings. The highest BCUT2D eigenvalue weighted by molar-refractivity contribution is 9.11. The summed E-state index contributed by atoms with van der Waals surface area (Å²) in [6.07, 6.45) is 3.70. The van der Waals surface area contributed by atoms with Crippen molar-refractivity contribution in [3.05, 3.63) is 20.3 Å². The van der Waals surface area contributed by atoms with Crippen LogP contribution in [0.25, 0.3) is 0 Å². The second kappa shape index (κ2) is 4.57. The molecule has 2 bridgehead atoms. The molecule has 0 aromatic carbocycles. The molecule has 2 saturated carbocycles. The molecule has 3 rings (SSSR count). The predicted molar refractivity (Wildman–Crippen MR) is 87.2 cm³/mol. The van der Waals surface area contributed by atoms with E-state index in [1.165, 1.54) is 24.2 Å². The van der Waals surface area contributed by atoms with E-state index in [2.05, 4.69) is 42.0 Å². The number of halogens is 1. The molecular weight excluding hydrogens is 334 g/mol. The number of hydrogen-bond acceptors (Lipinski definition) is 2. The van der Waals surface area contributed by atoms with Gasteiger partial charge in [0.2, 0.25) is 0 Å². The third kappa shape index (κ3) is 1.91. The van der Waals surface area contributed by atoms with Gasteiger partial charge in [-0.2, -0.15) is 0 Å². The van der Waals surface area contributed by atoms with Crippen LogP contribution < -0.4 is 5.32 Å². The lowest BCUT2D eigenvalue weighted by Crippen LogP contribution is -2.46. The molecule has 1 amide bonds. The molecule has 20 heavy (non-hydrogen) atoms. The predicted octanol–water partition coefficient (Wildman–Crippen LogP) is 4.76. The topological polar surface area (TPSA) is 29.1 Å². The standard InChI is InChI=1S/C16H22BrNOS/c1-9-7-11(20-13(9)17)14(19)18-12-8-10-5-6-16(12,4)15(10,2)3/h7,10,12H,5-6,8H2,1-4H3,(H,18,19). The molecule has 4 heteroatoms. The summed E-state index contributed by atoms with van der Waals surface area (Å²) >= 11 is 5.03. The van der Waals surface area contributed by atoms with Gasteiger partial charge in [-0.3, -0.25) is 4.79 Å². The fraction of sp³-hybridized carbons (Fsp3) is 0.688. The van der Waals surface area contributed by atoms with Gasteiger partial charge in [0.05, 0.1) is 8.66 Å². The highest BCUT2D eigenvalue weighted by Crippen LogP contribution is 2.65. The summed E-state index contributed by atoms with van der Waals surface area (Å²) in [5, 5.41) is 3.31. The highest BCUT2D eigenvalue weighted by Gasteiger charge is 2.61. The van der Waals surface area contributed by atoms with E-state index in [1.54, 1.807) is 0 Å². The van der Waals surface area contributed by atoms with E-state index >= 15 is 0 Å². The van der Waals surface area contributed by atoms with Gasteiger partial charge in [-0.1, -0.05) is 20.8 Å². The van der Waals surface area contributed by atoms with Gasteiger partial charge in [-0.05, 0) is 70.5 Å². The Kier molecular flexibility index (Phi) is 3.33. The number of carbonyl (C=O) groups excluding carboxylic acids is 1. The van der Waals surface area contributed by atoms with Crippen molar-refractivity contribution in [1.82, 2.24) is 5.32 Å². The Morgan fingerprint density at radius 3 is 2.60 bits per heavy atom. The maximum Gasteiger partial charge on any atom is 0.261 e. The van der Waals surface area contributed by atoms with Crippen molar-refractivity contribution in [3.63, 3.8) is 0 Å². The van der Waals surface area contributed by atoms with Crippen molar-refractivity contribution < 1.29 is 4.79 Å². The van der Waals surface area contributed by atoms with E-state index in [0.717, 1.165) is 26.6 Å². The van der Waals surface area contributed by atoms with Crippen LogP contribution in [0, 0.1) is 23.7 Å². The molecule has 2 nitrogen and oxygen atoms in total. The van der Waals surface area contributed by atoms with Crippen LogP contribution >= 0.6 is 27.3 Å². The number of carbonyl (C=O) groups is 1. The van der Waals surface area contributed by atoms with Crippen molar-refractivity contribution in [2.75, 3.05) is 0 Å². The molecule has 3 atom stereocenters. The van der Waals surface area contributed by atoms with Crippen molar-refractivity contribution in [1.29, 1.82) is 0 Å². The number of hydrogen-bond donors (Lipinski definition) is 1. The van der Waals surface area contributed by atoms with E-state index in [0.29, 0.717) is 11.5 Å². The Morgan fingerprint density at radius 2 is 2.15 bits per heavy atom. The van der Waals surface area contributed by atoms with Crippen LogP contribution in [0.4, 0.5) is 0 Å². The van der Waals surface area contributed by atoms with Gasteiger partial charge in [-0.25, -0.2) is 0 Å². The van der Waals surface area contributed by atoms with E-state index in [4.69, 9.17) is 0 Å². The first-order valence-electron chi connectivity index (χ1n) is 7.32. The first-order valence-corrected chi connectivity index (χ1v) is 8.93. The lowest BCUT2D eigenvalue weighted by atomic mass is 9.69. The number of fused-ring (bicyclic) bond motifs is 2. The fourth-order valence-electron chi connectivity index (χ4n) is 4.22.